The number of aryl methyl sites for hydroxylation is 1. The van der Waals surface area contributed by atoms with Gasteiger partial charge in [0.1, 0.15) is 11.5 Å². The second-order valence-electron chi connectivity index (χ2n) is 5.62. The maximum absolute atomic E-state index is 5.15. The average molecular weight is 293 g/mol. The number of hydrogen-bond acceptors (Lipinski definition) is 3. The highest BCUT2D eigenvalue weighted by atomic mass is 16.5. The number of nitrogens with zero attached hydrogens (tertiary/aromatic N) is 3. The molecule has 0 aliphatic heterocycles. The molecular weight excluding hydrogens is 274 g/mol. The molecule has 0 radical (unpaired) electrons. The molecular formula is C18H19N3O. The maximum Gasteiger partial charge on any atom is 0.133 e. The number of hydrogen-bond donors (Lipinski definition) is 0. The minimum absolute atomic E-state index is 0.649. The molecule has 1 aromatic carbocycles. The largest absolute Gasteiger partial charge is 0.361 e. The van der Waals surface area contributed by atoms with E-state index in [0.29, 0.717) is 6.54 Å². The monoisotopic (exact) mass is 293 g/mol. The smallest absolute Gasteiger partial charge is 0.133 e. The molecule has 3 aromatic rings. The first kappa shape index (κ1) is 14.3. The minimum Gasteiger partial charge on any atom is -0.361 e. The molecule has 0 unspecified atom stereocenters. The average Bonchev–Trinajstić information content (AvgIpc) is 3.07. The highest BCUT2D eigenvalue weighted by molar-refractivity contribution is 5.70. The summed E-state index contributed by atoms with van der Waals surface area (Å²) >= 11 is 0. The summed E-state index contributed by atoms with van der Waals surface area (Å²) in [5.74, 6) is 0.821. The van der Waals surface area contributed by atoms with E-state index in [9.17, 15) is 0 Å². The van der Waals surface area contributed by atoms with Crippen molar-refractivity contribution in [2.75, 3.05) is 0 Å². The zero-order chi connectivity index (χ0) is 15.5. The van der Waals surface area contributed by atoms with Crippen LogP contribution in [0.1, 0.15) is 31.0 Å². The highest BCUT2D eigenvalue weighted by Gasteiger charge is 2.12. The van der Waals surface area contributed by atoms with Gasteiger partial charge in [-0.1, -0.05) is 41.1 Å². The summed E-state index contributed by atoms with van der Waals surface area (Å²) in [5, 5.41) is 4.07. The van der Waals surface area contributed by atoms with E-state index < -0.39 is 0 Å². The van der Waals surface area contributed by atoms with Gasteiger partial charge in [0.2, 0.25) is 0 Å². The Morgan fingerprint density at radius 1 is 1.23 bits per heavy atom. The van der Waals surface area contributed by atoms with Crippen LogP contribution in [0.4, 0.5) is 0 Å². The van der Waals surface area contributed by atoms with Crippen LogP contribution in [0.25, 0.3) is 17.3 Å². The fraction of sp³-hybridized carbons (Fsp3) is 0.222. The van der Waals surface area contributed by atoms with Crippen molar-refractivity contribution in [3.8, 4) is 11.3 Å². The van der Waals surface area contributed by atoms with Crippen LogP contribution in [-0.2, 0) is 6.54 Å². The lowest BCUT2D eigenvalue weighted by Gasteiger charge is -2.06. The third kappa shape index (κ3) is 3.01. The maximum atomic E-state index is 5.15. The molecule has 0 spiro atoms. The predicted octanol–water partition coefficient (Wildman–Crippen LogP) is 4.32. The third-order valence-electron chi connectivity index (χ3n) is 3.36. The molecule has 0 atom stereocenters. The molecule has 0 N–H and O–H groups in total. The summed E-state index contributed by atoms with van der Waals surface area (Å²) in [4.78, 5) is 4.60. The normalized spacial score (nSPS) is 10.7. The molecule has 3 rings (SSSR count). The van der Waals surface area contributed by atoms with Crippen molar-refractivity contribution < 1.29 is 4.52 Å². The molecule has 0 saturated carbocycles. The first-order valence-corrected chi connectivity index (χ1v) is 7.31. The van der Waals surface area contributed by atoms with Crippen LogP contribution in [0.5, 0.6) is 0 Å². The van der Waals surface area contributed by atoms with Gasteiger partial charge in [-0.3, -0.25) is 0 Å². The molecule has 0 aliphatic rings. The summed E-state index contributed by atoms with van der Waals surface area (Å²) in [6.07, 6.45) is 4.02. The lowest BCUT2D eigenvalue weighted by atomic mass is 10.1. The molecule has 0 fully saturated rings. The summed E-state index contributed by atoms with van der Waals surface area (Å²) in [5.41, 5.74) is 5.33. The predicted molar refractivity (Wildman–Crippen MR) is 87.3 cm³/mol. The summed E-state index contributed by atoms with van der Waals surface area (Å²) < 4.78 is 7.25. The Bertz CT molecular complexity index is 793. The fourth-order valence-electron chi connectivity index (χ4n) is 2.43. The highest BCUT2D eigenvalue weighted by Crippen LogP contribution is 2.24. The van der Waals surface area contributed by atoms with Crippen molar-refractivity contribution in [2.45, 2.75) is 27.3 Å². The summed E-state index contributed by atoms with van der Waals surface area (Å²) in [6.45, 7) is 6.73. The lowest BCUT2D eigenvalue weighted by Crippen LogP contribution is -2.01. The SMILES string of the molecule is CC(C)=Cc1c(-c2ccccc2)ncn1Cc1cc(C)on1. The van der Waals surface area contributed by atoms with Gasteiger partial charge >= 0.3 is 0 Å². The van der Waals surface area contributed by atoms with E-state index in [0.717, 1.165) is 28.4 Å². The van der Waals surface area contributed by atoms with Crippen molar-refractivity contribution in [3.63, 3.8) is 0 Å². The van der Waals surface area contributed by atoms with Gasteiger partial charge in [0.25, 0.3) is 0 Å². The zero-order valence-electron chi connectivity index (χ0n) is 13.1. The van der Waals surface area contributed by atoms with Crippen molar-refractivity contribution >= 4 is 6.08 Å². The van der Waals surface area contributed by atoms with E-state index in [1.165, 1.54) is 5.57 Å². The van der Waals surface area contributed by atoms with Crippen LogP contribution in [0.15, 0.2) is 52.8 Å². The zero-order valence-corrected chi connectivity index (χ0v) is 13.1. The third-order valence-corrected chi connectivity index (χ3v) is 3.36. The molecule has 0 saturated heterocycles. The molecule has 2 aromatic heterocycles. The second kappa shape index (κ2) is 6.02. The van der Waals surface area contributed by atoms with Crippen LogP contribution >= 0.6 is 0 Å². The number of imidazole rings is 1. The van der Waals surface area contributed by atoms with E-state index in [1.54, 1.807) is 0 Å². The molecule has 4 nitrogen and oxygen atoms in total. The van der Waals surface area contributed by atoms with E-state index in [4.69, 9.17) is 4.52 Å². The standard InChI is InChI=1S/C18H19N3O/c1-13(2)9-17-18(15-7-5-4-6-8-15)19-12-21(17)11-16-10-14(3)22-20-16/h4-10,12H,11H2,1-3H3. The van der Waals surface area contributed by atoms with Crippen LogP contribution in [0.2, 0.25) is 0 Å². The van der Waals surface area contributed by atoms with Crippen LogP contribution in [0.3, 0.4) is 0 Å². The van der Waals surface area contributed by atoms with E-state index >= 15 is 0 Å². The Balaban J connectivity index is 2.04. The Labute approximate surface area is 130 Å². The quantitative estimate of drug-likeness (QED) is 0.719. The van der Waals surface area contributed by atoms with E-state index in [1.807, 2.05) is 37.5 Å². The van der Waals surface area contributed by atoms with Crippen molar-refractivity contribution in [1.82, 2.24) is 14.7 Å². The van der Waals surface area contributed by atoms with Gasteiger partial charge < -0.3 is 9.09 Å². The first-order valence-electron chi connectivity index (χ1n) is 7.31. The van der Waals surface area contributed by atoms with Crippen LogP contribution in [-0.4, -0.2) is 14.7 Å². The molecule has 112 valence electrons. The number of allylic oxidation sites excluding steroid dienone is 1. The molecule has 22 heavy (non-hydrogen) atoms. The molecule has 0 aliphatic carbocycles. The molecule has 0 amide bonds. The van der Waals surface area contributed by atoms with Gasteiger partial charge in [0.15, 0.2) is 0 Å². The Hall–Kier alpha value is -2.62. The van der Waals surface area contributed by atoms with Gasteiger partial charge in [0, 0.05) is 11.6 Å². The number of aromatic nitrogens is 3. The van der Waals surface area contributed by atoms with E-state index in [-0.39, 0.29) is 0 Å². The summed E-state index contributed by atoms with van der Waals surface area (Å²) in [6, 6.07) is 12.2. The molecule has 4 heteroatoms. The molecule has 0 bridgehead atoms. The topological polar surface area (TPSA) is 43.9 Å². The van der Waals surface area contributed by atoms with Gasteiger partial charge in [-0.25, -0.2) is 4.98 Å². The first-order chi connectivity index (χ1) is 10.6. The lowest BCUT2D eigenvalue weighted by molar-refractivity contribution is 0.389. The van der Waals surface area contributed by atoms with Gasteiger partial charge in [-0.05, 0) is 26.8 Å². The number of rotatable bonds is 4. The Morgan fingerprint density at radius 2 is 2.00 bits per heavy atom. The van der Waals surface area contributed by atoms with Crippen molar-refractivity contribution in [3.05, 3.63) is 65.4 Å². The minimum atomic E-state index is 0.649. The molecule has 2 heterocycles. The van der Waals surface area contributed by atoms with Gasteiger partial charge in [-0.15, -0.1) is 0 Å². The van der Waals surface area contributed by atoms with E-state index in [2.05, 4.69) is 46.8 Å². The Kier molecular flexibility index (Phi) is 3.92. The van der Waals surface area contributed by atoms with Crippen LogP contribution < -0.4 is 0 Å². The Morgan fingerprint density at radius 3 is 2.64 bits per heavy atom. The summed E-state index contributed by atoms with van der Waals surface area (Å²) in [7, 11) is 0. The second-order valence-corrected chi connectivity index (χ2v) is 5.62. The van der Waals surface area contributed by atoms with Crippen molar-refractivity contribution in [2.24, 2.45) is 0 Å². The van der Waals surface area contributed by atoms with Crippen molar-refractivity contribution in [1.29, 1.82) is 0 Å². The fourth-order valence-corrected chi connectivity index (χ4v) is 2.43. The van der Waals surface area contributed by atoms with Gasteiger partial charge in [-0.2, -0.15) is 0 Å². The van der Waals surface area contributed by atoms with Crippen LogP contribution in [0, 0.1) is 6.92 Å². The number of benzene rings is 1. The van der Waals surface area contributed by atoms with Gasteiger partial charge in [0.05, 0.1) is 24.3 Å².